The van der Waals surface area contributed by atoms with Crippen molar-refractivity contribution in [2.75, 3.05) is 44.2 Å². The van der Waals surface area contributed by atoms with Crippen molar-refractivity contribution in [2.24, 2.45) is 0 Å². The summed E-state index contributed by atoms with van der Waals surface area (Å²) in [6.45, 7) is 4.72. The molecule has 0 unspecified atom stereocenters. The van der Waals surface area contributed by atoms with Gasteiger partial charge in [0.1, 0.15) is 5.67 Å². The van der Waals surface area contributed by atoms with Gasteiger partial charge in [0.05, 0.1) is 0 Å². The van der Waals surface area contributed by atoms with E-state index in [0.29, 0.717) is 6.54 Å². The first-order valence-corrected chi connectivity index (χ1v) is 6.64. The highest BCUT2D eigenvalue weighted by Gasteiger charge is 2.34. The fourth-order valence-electron chi connectivity index (χ4n) is 2.17. The lowest BCUT2D eigenvalue weighted by Crippen LogP contribution is -2.50. The summed E-state index contributed by atoms with van der Waals surface area (Å²) in [5, 5.41) is 3.30. The van der Waals surface area contributed by atoms with Crippen LogP contribution in [0.3, 0.4) is 0 Å². The molecule has 82 valence electrons. The molecule has 2 fully saturated rings. The Balaban J connectivity index is 1.81. The Bertz CT molecular complexity index is 177. The van der Waals surface area contributed by atoms with Crippen molar-refractivity contribution in [3.8, 4) is 0 Å². The van der Waals surface area contributed by atoms with Gasteiger partial charge in [0.25, 0.3) is 0 Å². The smallest absolute Gasteiger partial charge is 0.125 e. The maximum Gasteiger partial charge on any atom is 0.125 e. The average Bonchev–Trinajstić information content (AvgIpc) is 2.19. The van der Waals surface area contributed by atoms with Crippen molar-refractivity contribution in [1.29, 1.82) is 0 Å². The third-order valence-corrected chi connectivity index (χ3v) is 4.09. The van der Waals surface area contributed by atoms with Gasteiger partial charge in [-0.05, 0) is 24.3 Å². The molecule has 2 aliphatic rings. The summed E-state index contributed by atoms with van der Waals surface area (Å²) in [5.74, 6) is 2.01. The van der Waals surface area contributed by atoms with Gasteiger partial charge in [-0.1, -0.05) is 0 Å². The van der Waals surface area contributed by atoms with Gasteiger partial charge in [-0.15, -0.1) is 0 Å². The highest BCUT2D eigenvalue weighted by atomic mass is 32.2. The second-order valence-electron chi connectivity index (χ2n) is 4.29. The zero-order valence-electron chi connectivity index (χ0n) is 8.60. The van der Waals surface area contributed by atoms with E-state index in [1.807, 2.05) is 11.8 Å². The lowest BCUT2D eigenvalue weighted by atomic mass is 9.98. The highest BCUT2D eigenvalue weighted by Crippen LogP contribution is 2.31. The Morgan fingerprint density at radius 2 is 1.86 bits per heavy atom. The molecule has 0 amide bonds. The van der Waals surface area contributed by atoms with Gasteiger partial charge in [-0.25, -0.2) is 4.39 Å². The Morgan fingerprint density at radius 3 is 2.50 bits per heavy atom. The Labute approximate surface area is 89.6 Å². The number of halogens is 1. The summed E-state index contributed by atoms with van der Waals surface area (Å²) in [7, 11) is 0. The Morgan fingerprint density at radius 1 is 1.21 bits per heavy atom. The largest absolute Gasteiger partial charge is 0.314 e. The molecule has 0 radical (unpaired) electrons. The number of rotatable bonds is 2. The molecular formula is C10H19FN2S. The van der Waals surface area contributed by atoms with E-state index in [2.05, 4.69) is 10.2 Å². The van der Waals surface area contributed by atoms with E-state index in [-0.39, 0.29) is 0 Å². The molecular weight excluding hydrogens is 199 g/mol. The minimum atomic E-state index is -0.886. The normalized spacial score (nSPS) is 28.9. The number of nitrogens with one attached hydrogen (secondary N) is 1. The Hall–Kier alpha value is 0.200. The fraction of sp³-hybridized carbons (Fsp3) is 1.00. The lowest BCUT2D eigenvalue weighted by Gasteiger charge is -2.36. The van der Waals surface area contributed by atoms with Crippen LogP contribution in [0.4, 0.5) is 4.39 Å². The van der Waals surface area contributed by atoms with Gasteiger partial charge in [-0.3, -0.25) is 4.90 Å². The van der Waals surface area contributed by atoms with Crippen molar-refractivity contribution in [2.45, 2.75) is 18.5 Å². The van der Waals surface area contributed by atoms with Crippen LogP contribution in [0.1, 0.15) is 12.8 Å². The summed E-state index contributed by atoms with van der Waals surface area (Å²) in [4.78, 5) is 2.27. The van der Waals surface area contributed by atoms with Crippen LogP contribution in [-0.2, 0) is 0 Å². The molecule has 14 heavy (non-hydrogen) atoms. The molecule has 0 aliphatic carbocycles. The number of nitrogens with zero attached hydrogens (tertiary/aromatic N) is 1. The third kappa shape index (κ3) is 2.84. The molecule has 2 heterocycles. The summed E-state index contributed by atoms with van der Waals surface area (Å²) in [6, 6.07) is 0. The van der Waals surface area contributed by atoms with E-state index < -0.39 is 5.67 Å². The van der Waals surface area contributed by atoms with E-state index in [1.54, 1.807) is 0 Å². The van der Waals surface area contributed by atoms with Gasteiger partial charge in [-0.2, -0.15) is 11.8 Å². The molecule has 4 heteroatoms. The van der Waals surface area contributed by atoms with E-state index in [4.69, 9.17) is 0 Å². The summed E-state index contributed by atoms with van der Waals surface area (Å²) in [5.41, 5.74) is -0.886. The molecule has 1 N–H and O–H groups in total. The first-order valence-electron chi connectivity index (χ1n) is 5.48. The number of piperazine rings is 1. The molecule has 0 spiro atoms. The lowest BCUT2D eigenvalue weighted by molar-refractivity contribution is 0.0769. The van der Waals surface area contributed by atoms with Gasteiger partial charge < -0.3 is 5.32 Å². The predicted octanol–water partition coefficient (Wildman–Crippen LogP) is 1.13. The van der Waals surface area contributed by atoms with Crippen molar-refractivity contribution >= 4 is 11.8 Å². The van der Waals surface area contributed by atoms with Gasteiger partial charge >= 0.3 is 0 Å². The van der Waals surface area contributed by atoms with Crippen LogP contribution < -0.4 is 5.32 Å². The Kier molecular flexibility index (Phi) is 3.68. The molecule has 2 nitrogen and oxygen atoms in total. The van der Waals surface area contributed by atoms with E-state index in [9.17, 15) is 4.39 Å². The first kappa shape index (κ1) is 10.7. The fourth-order valence-corrected chi connectivity index (χ4v) is 3.39. The minimum absolute atomic E-state index is 0.662. The summed E-state index contributed by atoms with van der Waals surface area (Å²) in [6.07, 6.45) is 1.50. The number of hydrogen-bond acceptors (Lipinski definition) is 3. The quantitative estimate of drug-likeness (QED) is 0.748. The third-order valence-electron chi connectivity index (χ3n) is 3.11. The first-order chi connectivity index (χ1) is 6.79. The molecule has 0 saturated carbocycles. The van der Waals surface area contributed by atoms with Crippen LogP contribution in [0.5, 0.6) is 0 Å². The summed E-state index contributed by atoms with van der Waals surface area (Å²) >= 11 is 1.89. The number of alkyl halides is 1. The van der Waals surface area contributed by atoms with E-state index in [1.165, 1.54) is 0 Å². The van der Waals surface area contributed by atoms with Crippen LogP contribution in [0.25, 0.3) is 0 Å². The molecule has 0 aromatic rings. The zero-order chi connectivity index (χ0) is 9.86. The topological polar surface area (TPSA) is 15.3 Å². The van der Waals surface area contributed by atoms with Crippen molar-refractivity contribution in [3.05, 3.63) is 0 Å². The maximum atomic E-state index is 14.3. The van der Waals surface area contributed by atoms with E-state index >= 15 is 0 Å². The average molecular weight is 218 g/mol. The van der Waals surface area contributed by atoms with Gasteiger partial charge in [0.2, 0.25) is 0 Å². The van der Waals surface area contributed by atoms with Crippen molar-refractivity contribution in [1.82, 2.24) is 10.2 Å². The highest BCUT2D eigenvalue weighted by molar-refractivity contribution is 7.99. The molecule has 0 atom stereocenters. The molecule has 2 saturated heterocycles. The number of thioether (sulfide) groups is 1. The molecule has 0 aromatic heterocycles. The second-order valence-corrected chi connectivity index (χ2v) is 5.51. The predicted molar refractivity (Wildman–Crippen MR) is 59.7 cm³/mol. The van der Waals surface area contributed by atoms with Crippen LogP contribution in [0.15, 0.2) is 0 Å². The van der Waals surface area contributed by atoms with E-state index in [0.717, 1.165) is 50.5 Å². The standard InChI is InChI=1S/C10H19FN2S/c11-10(1-7-14-8-2-10)9-13-5-3-12-4-6-13/h12H,1-9H2. The molecule has 2 rings (SSSR count). The van der Waals surface area contributed by atoms with Crippen LogP contribution in [0.2, 0.25) is 0 Å². The van der Waals surface area contributed by atoms with Crippen LogP contribution >= 0.6 is 11.8 Å². The second kappa shape index (κ2) is 4.81. The van der Waals surface area contributed by atoms with Crippen molar-refractivity contribution < 1.29 is 4.39 Å². The van der Waals surface area contributed by atoms with Crippen molar-refractivity contribution in [3.63, 3.8) is 0 Å². The minimum Gasteiger partial charge on any atom is -0.314 e. The SMILES string of the molecule is FC1(CN2CCNCC2)CCSCC1. The maximum absolute atomic E-state index is 14.3. The molecule has 0 bridgehead atoms. The molecule has 0 aromatic carbocycles. The number of hydrogen-bond donors (Lipinski definition) is 1. The monoisotopic (exact) mass is 218 g/mol. The van der Waals surface area contributed by atoms with Crippen LogP contribution in [0, 0.1) is 0 Å². The van der Waals surface area contributed by atoms with Crippen LogP contribution in [-0.4, -0.2) is 54.8 Å². The zero-order valence-corrected chi connectivity index (χ0v) is 9.41. The van der Waals surface area contributed by atoms with Gasteiger partial charge in [0.15, 0.2) is 0 Å². The van der Waals surface area contributed by atoms with Gasteiger partial charge in [0, 0.05) is 32.7 Å². The summed E-state index contributed by atoms with van der Waals surface area (Å²) < 4.78 is 14.3. The molecule has 2 aliphatic heterocycles.